The Morgan fingerprint density at radius 1 is 1.14 bits per heavy atom. The van der Waals surface area contributed by atoms with Gasteiger partial charge in [-0.25, -0.2) is 4.39 Å². The number of nitrogens with zero attached hydrogens (tertiary/aromatic N) is 2. The maximum Gasteiger partial charge on any atom is 0.227 e. The Labute approximate surface area is 164 Å². The third-order valence-electron chi connectivity index (χ3n) is 5.91. The minimum absolute atomic E-state index is 0.0877. The van der Waals surface area contributed by atoms with Gasteiger partial charge in [-0.05, 0) is 43.0 Å². The van der Waals surface area contributed by atoms with Crippen molar-refractivity contribution in [3.63, 3.8) is 0 Å². The van der Waals surface area contributed by atoms with Gasteiger partial charge in [-0.1, -0.05) is 12.1 Å². The van der Waals surface area contributed by atoms with Gasteiger partial charge in [0.25, 0.3) is 0 Å². The highest BCUT2D eigenvalue weighted by atomic mass is 19.1. The van der Waals surface area contributed by atoms with Crippen LogP contribution in [0.25, 0.3) is 0 Å². The molecule has 1 aliphatic heterocycles. The van der Waals surface area contributed by atoms with E-state index in [1.165, 1.54) is 12.1 Å². The molecule has 1 aliphatic carbocycles. The predicted octanol–water partition coefficient (Wildman–Crippen LogP) is 2.48. The van der Waals surface area contributed by atoms with Crippen LogP contribution in [0.4, 0.5) is 4.39 Å². The number of piperazine rings is 1. The van der Waals surface area contributed by atoms with Gasteiger partial charge in [0.05, 0.1) is 6.42 Å². The van der Waals surface area contributed by atoms with Crippen molar-refractivity contribution in [3.8, 4) is 0 Å². The van der Waals surface area contributed by atoms with Crippen molar-refractivity contribution in [3.05, 3.63) is 58.2 Å². The maximum atomic E-state index is 13.3. The molecule has 148 valence electrons. The number of nitrogens with one attached hydrogen (secondary N) is 1. The van der Waals surface area contributed by atoms with Crippen molar-refractivity contribution in [2.24, 2.45) is 0 Å². The summed E-state index contributed by atoms with van der Waals surface area (Å²) in [5.41, 5.74) is 4.63. The molecule has 0 bridgehead atoms. The molecule has 2 aliphatic rings. The maximum absolute atomic E-state index is 13.3. The van der Waals surface area contributed by atoms with Gasteiger partial charge >= 0.3 is 0 Å². The number of hydrogen-bond donors (Lipinski definition) is 1. The van der Waals surface area contributed by atoms with E-state index < -0.39 is 0 Å². The average molecular weight is 383 g/mol. The number of rotatable bonds is 4. The van der Waals surface area contributed by atoms with E-state index in [2.05, 4.69) is 9.88 Å². The number of benzene rings is 1. The first kappa shape index (κ1) is 18.9. The highest BCUT2D eigenvalue weighted by Crippen LogP contribution is 2.31. The first-order valence-corrected chi connectivity index (χ1v) is 10.0. The van der Waals surface area contributed by atoms with Gasteiger partial charge < -0.3 is 14.8 Å². The highest BCUT2D eigenvalue weighted by molar-refractivity contribution is 6.01. The molecule has 5 nitrogen and oxygen atoms in total. The number of Topliss-reactive ketones (excluding diaryl/α,β-unsaturated/α-hetero) is 1. The number of halogens is 1. The lowest BCUT2D eigenvalue weighted by molar-refractivity contribution is -0.131. The molecule has 2 aromatic rings. The summed E-state index contributed by atoms with van der Waals surface area (Å²) in [6, 6.07) is 6.47. The fourth-order valence-corrected chi connectivity index (χ4v) is 4.37. The van der Waals surface area contributed by atoms with E-state index in [1.807, 2.05) is 11.8 Å². The summed E-state index contributed by atoms with van der Waals surface area (Å²) in [6.45, 7) is 5.63. The third-order valence-corrected chi connectivity index (χ3v) is 5.91. The van der Waals surface area contributed by atoms with Crippen LogP contribution >= 0.6 is 0 Å². The summed E-state index contributed by atoms with van der Waals surface area (Å²) in [5, 5.41) is 3.26. The SMILES string of the molecule is Cc1c(CC(=O)N2CCNCC2)c2c(n1Cc1ccc(F)cc1)CCCC2=O. The van der Waals surface area contributed by atoms with Crippen LogP contribution in [0, 0.1) is 12.7 Å². The van der Waals surface area contributed by atoms with E-state index in [0.29, 0.717) is 26.1 Å². The quantitative estimate of drug-likeness (QED) is 0.883. The molecule has 28 heavy (non-hydrogen) atoms. The van der Waals surface area contributed by atoms with Crippen LogP contribution in [0.15, 0.2) is 24.3 Å². The number of aromatic nitrogens is 1. The van der Waals surface area contributed by atoms with Crippen molar-refractivity contribution >= 4 is 11.7 Å². The molecule has 0 unspecified atom stereocenters. The van der Waals surface area contributed by atoms with Crippen LogP contribution in [0.3, 0.4) is 0 Å². The summed E-state index contributed by atoms with van der Waals surface area (Å²) >= 11 is 0. The van der Waals surface area contributed by atoms with Gasteiger partial charge in [0.15, 0.2) is 5.78 Å². The van der Waals surface area contributed by atoms with Gasteiger partial charge in [-0.2, -0.15) is 0 Å². The second-order valence-electron chi connectivity index (χ2n) is 7.68. The summed E-state index contributed by atoms with van der Waals surface area (Å²) in [7, 11) is 0. The van der Waals surface area contributed by atoms with Crippen molar-refractivity contribution < 1.29 is 14.0 Å². The number of fused-ring (bicyclic) bond motifs is 1. The molecule has 6 heteroatoms. The largest absolute Gasteiger partial charge is 0.343 e. The molecule has 0 atom stereocenters. The van der Waals surface area contributed by atoms with Crippen LogP contribution in [-0.2, 0) is 24.2 Å². The Bertz CT molecular complexity index is 895. The van der Waals surface area contributed by atoms with Gasteiger partial charge in [0, 0.05) is 56.1 Å². The number of ketones is 1. The number of amides is 1. The van der Waals surface area contributed by atoms with E-state index in [-0.39, 0.29) is 23.9 Å². The zero-order valence-electron chi connectivity index (χ0n) is 16.3. The van der Waals surface area contributed by atoms with E-state index >= 15 is 0 Å². The summed E-state index contributed by atoms with van der Waals surface area (Å²) in [5.74, 6) is -0.0254. The van der Waals surface area contributed by atoms with E-state index in [1.54, 1.807) is 12.1 Å². The van der Waals surface area contributed by atoms with Gasteiger partial charge in [-0.3, -0.25) is 9.59 Å². The Morgan fingerprint density at radius 3 is 2.57 bits per heavy atom. The van der Waals surface area contributed by atoms with Gasteiger partial charge in [-0.15, -0.1) is 0 Å². The first-order chi connectivity index (χ1) is 13.5. The van der Waals surface area contributed by atoms with Crippen molar-refractivity contribution in [2.45, 2.75) is 39.2 Å². The topological polar surface area (TPSA) is 54.3 Å². The lowest BCUT2D eigenvalue weighted by Crippen LogP contribution is -2.47. The number of carbonyl (C=O) groups is 2. The highest BCUT2D eigenvalue weighted by Gasteiger charge is 2.30. The second-order valence-corrected chi connectivity index (χ2v) is 7.68. The number of hydrogen-bond acceptors (Lipinski definition) is 3. The van der Waals surface area contributed by atoms with Crippen LogP contribution < -0.4 is 5.32 Å². The minimum Gasteiger partial charge on any atom is -0.343 e. The Morgan fingerprint density at radius 2 is 1.86 bits per heavy atom. The lowest BCUT2D eigenvalue weighted by atomic mass is 9.92. The van der Waals surface area contributed by atoms with Crippen LogP contribution in [0.5, 0.6) is 0 Å². The van der Waals surface area contributed by atoms with Gasteiger partial charge in [0.2, 0.25) is 5.91 Å². The van der Waals surface area contributed by atoms with Crippen LogP contribution in [0.1, 0.15) is 45.7 Å². The lowest BCUT2D eigenvalue weighted by Gasteiger charge is -2.27. The molecular weight excluding hydrogens is 357 g/mol. The second kappa shape index (κ2) is 7.87. The Hall–Kier alpha value is -2.47. The molecule has 1 saturated heterocycles. The van der Waals surface area contributed by atoms with Crippen molar-refractivity contribution in [1.29, 1.82) is 0 Å². The fourth-order valence-electron chi connectivity index (χ4n) is 4.37. The van der Waals surface area contributed by atoms with E-state index in [0.717, 1.165) is 54.0 Å². The monoisotopic (exact) mass is 383 g/mol. The predicted molar refractivity (Wildman–Crippen MR) is 105 cm³/mol. The molecule has 0 radical (unpaired) electrons. The Balaban J connectivity index is 1.67. The molecule has 2 heterocycles. The van der Waals surface area contributed by atoms with E-state index in [4.69, 9.17) is 0 Å². The normalized spacial score (nSPS) is 16.9. The zero-order valence-corrected chi connectivity index (χ0v) is 16.3. The standard InChI is InChI=1S/C22H26FN3O2/c1-15-18(13-21(28)25-11-9-24-10-12-25)22-19(3-2-4-20(22)27)26(15)14-16-5-7-17(23)8-6-16/h5-8,24H,2-4,9-14H2,1H3. The molecular formula is C22H26FN3O2. The summed E-state index contributed by atoms with van der Waals surface area (Å²) < 4.78 is 15.4. The third kappa shape index (κ3) is 3.61. The molecule has 1 aromatic carbocycles. The summed E-state index contributed by atoms with van der Waals surface area (Å²) in [4.78, 5) is 27.5. The average Bonchev–Trinajstić information content (AvgIpc) is 2.97. The first-order valence-electron chi connectivity index (χ1n) is 10.0. The fraction of sp³-hybridized carbons (Fsp3) is 0.455. The van der Waals surface area contributed by atoms with E-state index in [9.17, 15) is 14.0 Å². The van der Waals surface area contributed by atoms with Crippen molar-refractivity contribution in [1.82, 2.24) is 14.8 Å². The molecule has 1 N–H and O–H groups in total. The minimum atomic E-state index is -0.257. The molecule has 0 spiro atoms. The number of carbonyl (C=O) groups excluding carboxylic acids is 2. The van der Waals surface area contributed by atoms with Crippen molar-refractivity contribution in [2.75, 3.05) is 26.2 Å². The molecule has 1 fully saturated rings. The van der Waals surface area contributed by atoms with Crippen LogP contribution in [0.2, 0.25) is 0 Å². The summed E-state index contributed by atoms with van der Waals surface area (Å²) in [6.07, 6.45) is 2.49. The van der Waals surface area contributed by atoms with Gasteiger partial charge in [0.1, 0.15) is 5.82 Å². The molecule has 4 rings (SSSR count). The Kier molecular flexibility index (Phi) is 5.31. The molecule has 1 aromatic heterocycles. The molecule has 1 amide bonds. The van der Waals surface area contributed by atoms with Crippen LogP contribution in [-0.4, -0.2) is 47.3 Å². The smallest absolute Gasteiger partial charge is 0.227 e. The zero-order chi connectivity index (χ0) is 19.7. The molecule has 0 saturated carbocycles.